The highest BCUT2D eigenvalue weighted by Gasteiger charge is 2.37. The van der Waals surface area contributed by atoms with Gasteiger partial charge in [0.15, 0.2) is 0 Å². The second-order valence-corrected chi connectivity index (χ2v) is 3.15. The topological polar surface area (TPSA) is 20.2 Å². The standard InChI is InChI=1S/C8H15F3O/c1-3-6(2)4-5-7(12)8(9,10)11/h6-7,12H,3-5H2,1-2H3. The molecule has 0 aromatic rings. The van der Waals surface area contributed by atoms with Crippen LogP contribution in [-0.2, 0) is 0 Å². The fourth-order valence-corrected chi connectivity index (χ4v) is 0.810. The molecule has 0 rings (SSSR count). The molecule has 0 aromatic heterocycles. The maximum absolute atomic E-state index is 11.8. The Bertz CT molecular complexity index is 122. The highest BCUT2D eigenvalue weighted by molar-refractivity contribution is 4.66. The monoisotopic (exact) mass is 184 g/mol. The van der Waals surface area contributed by atoms with Crippen LogP contribution < -0.4 is 0 Å². The van der Waals surface area contributed by atoms with Crippen LogP contribution in [0, 0.1) is 5.92 Å². The SMILES string of the molecule is CCC(C)CCC(O)C(F)(F)F. The molecule has 2 atom stereocenters. The van der Waals surface area contributed by atoms with Gasteiger partial charge in [0.25, 0.3) is 0 Å². The molecule has 0 spiro atoms. The zero-order valence-electron chi connectivity index (χ0n) is 7.36. The zero-order valence-corrected chi connectivity index (χ0v) is 7.36. The van der Waals surface area contributed by atoms with Gasteiger partial charge in [0.05, 0.1) is 0 Å². The van der Waals surface area contributed by atoms with Crippen LogP contribution in [0.15, 0.2) is 0 Å². The lowest BCUT2D eigenvalue weighted by molar-refractivity contribution is -0.206. The van der Waals surface area contributed by atoms with Gasteiger partial charge in [-0.05, 0) is 18.8 Å². The van der Waals surface area contributed by atoms with Crippen molar-refractivity contribution in [2.45, 2.75) is 45.4 Å². The van der Waals surface area contributed by atoms with Gasteiger partial charge in [-0.2, -0.15) is 13.2 Å². The van der Waals surface area contributed by atoms with Crippen LogP contribution in [0.25, 0.3) is 0 Å². The first-order valence-electron chi connectivity index (χ1n) is 4.12. The maximum atomic E-state index is 11.8. The van der Waals surface area contributed by atoms with E-state index in [2.05, 4.69) is 0 Å². The second-order valence-electron chi connectivity index (χ2n) is 3.15. The van der Waals surface area contributed by atoms with Crippen LogP contribution in [0.3, 0.4) is 0 Å². The first-order valence-corrected chi connectivity index (χ1v) is 4.12. The van der Waals surface area contributed by atoms with E-state index in [4.69, 9.17) is 5.11 Å². The minimum absolute atomic E-state index is 0.182. The molecule has 0 radical (unpaired) electrons. The molecule has 1 N–H and O–H groups in total. The summed E-state index contributed by atoms with van der Waals surface area (Å²) in [4.78, 5) is 0. The summed E-state index contributed by atoms with van der Waals surface area (Å²) in [7, 11) is 0. The average molecular weight is 184 g/mol. The Kier molecular flexibility index (Phi) is 4.60. The van der Waals surface area contributed by atoms with Crippen LogP contribution in [0.2, 0.25) is 0 Å². The number of hydrogen-bond donors (Lipinski definition) is 1. The summed E-state index contributed by atoms with van der Waals surface area (Å²) >= 11 is 0. The molecule has 0 fully saturated rings. The smallest absolute Gasteiger partial charge is 0.384 e. The summed E-state index contributed by atoms with van der Waals surface area (Å²) in [6, 6.07) is 0. The summed E-state index contributed by atoms with van der Waals surface area (Å²) in [5, 5.41) is 8.61. The largest absolute Gasteiger partial charge is 0.414 e. The molecule has 0 amide bonds. The molecule has 0 saturated carbocycles. The number of hydrogen-bond acceptors (Lipinski definition) is 1. The van der Waals surface area contributed by atoms with E-state index >= 15 is 0 Å². The van der Waals surface area contributed by atoms with Gasteiger partial charge in [-0.3, -0.25) is 0 Å². The Morgan fingerprint density at radius 1 is 1.25 bits per heavy atom. The van der Waals surface area contributed by atoms with Crippen LogP contribution in [0.1, 0.15) is 33.1 Å². The van der Waals surface area contributed by atoms with Crippen molar-refractivity contribution in [1.82, 2.24) is 0 Å². The molecule has 0 aliphatic rings. The van der Waals surface area contributed by atoms with Crippen molar-refractivity contribution in [3.05, 3.63) is 0 Å². The molecule has 4 heteroatoms. The third-order valence-electron chi connectivity index (χ3n) is 2.01. The third kappa shape index (κ3) is 4.59. The fraction of sp³-hybridized carbons (Fsp3) is 1.00. The Morgan fingerprint density at radius 3 is 2.08 bits per heavy atom. The molecular formula is C8H15F3O. The highest BCUT2D eigenvalue weighted by atomic mass is 19.4. The molecule has 74 valence electrons. The summed E-state index contributed by atoms with van der Waals surface area (Å²) in [6.45, 7) is 3.80. The van der Waals surface area contributed by atoms with E-state index in [0.717, 1.165) is 6.42 Å². The Hall–Kier alpha value is -0.250. The van der Waals surface area contributed by atoms with Crippen LogP contribution in [0.4, 0.5) is 13.2 Å². The number of aliphatic hydroxyl groups excluding tert-OH is 1. The van der Waals surface area contributed by atoms with E-state index < -0.39 is 12.3 Å². The maximum Gasteiger partial charge on any atom is 0.414 e. The first kappa shape index (κ1) is 11.8. The quantitative estimate of drug-likeness (QED) is 0.712. The lowest BCUT2D eigenvalue weighted by atomic mass is 10.0. The second kappa shape index (κ2) is 4.70. The molecule has 2 unspecified atom stereocenters. The Balaban J connectivity index is 3.64. The minimum atomic E-state index is -4.45. The van der Waals surface area contributed by atoms with Gasteiger partial charge in [-0.25, -0.2) is 0 Å². The number of halogens is 3. The van der Waals surface area contributed by atoms with E-state index in [1.165, 1.54) is 0 Å². The summed E-state index contributed by atoms with van der Waals surface area (Å²) < 4.78 is 35.3. The van der Waals surface area contributed by atoms with Gasteiger partial charge in [-0.1, -0.05) is 20.3 Å². The molecule has 1 nitrogen and oxygen atoms in total. The zero-order chi connectivity index (χ0) is 9.78. The lowest BCUT2D eigenvalue weighted by Gasteiger charge is -2.16. The number of alkyl halides is 3. The third-order valence-corrected chi connectivity index (χ3v) is 2.01. The van der Waals surface area contributed by atoms with Gasteiger partial charge in [0.2, 0.25) is 0 Å². The molecule has 0 bridgehead atoms. The molecule has 0 heterocycles. The normalized spacial score (nSPS) is 17.5. The molecule has 12 heavy (non-hydrogen) atoms. The van der Waals surface area contributed by atoms with Gasteiger partial charge >= 0.3 is 6.18 Å². The van der Waals surface area contributed by atoms with Crippen molar-refractivity contribution in [1.29, 1.82) is 0 Å². The van der Waals surface area contributed by atoms with E-state index in [1.807, 2.05) is 13.8 Å². The number of aliphatic hydroxyl groups is 1. The van der Waals surface area contributed by atoms with Crippen LogP contribution in [0.5, 0.6) is 0 Å². The minimum Gasteiger partial charge on any atom is -0.384 e. The molecule has 0 saturated heterocycles. The number of rotatable bonds is 4. The predicted octanol–water partition coefficient (Wildman–Crippen LogP) is 2.74. The van der Waals surface area contributed by atoms with Gasteiger partial charge < -0.3 is 5.11 Å². The van der Waals surface area contributed by atoms with Gasteiger partial charge in [0.1, 0.15) is 6.10 Å². The van der Waals surface area contributed by atoms with Crippen molar-refractivity contribution in [3.63, 3.8) is 0 Å². The average Bonchev–Trinajstić information content (AvgIpc) is 1.97. The summed E-state index contributed by atoms with van der Waals surface area (Å²) in [5.41, 5.74) is 0. The molecular weight excluding hydrogens is 169 g/mol. The Morgan fingerprint density at radius 2 is 1.75 bits per heavy atom. The van der Waals surface area contributed by atoms with Crippen LogP contribution >= 0.6 is 0 Å². The van der Waals surface area contributed by atoms with Crippen molar-refractivity contribution in [3.8, 4) is 0 Å². The van der Waals surface area contributed by atoms with Crippen molar-refractivity contribution >= 4 is 0 Å². The molecule has 0 aliphatic heterocycles. The van der Waals surface area contributed by atoms with Crippen molar-refractivity contribution in [2.24, 2.45) is 5.92 Å². The first-order chi connectivity index (χ1) is 5.38. The highest BCUT2D eigenvalue weighted by Crippen LogP contribution is 2.24. The van der Waals surface area contributed by atoms with Crippen LogP contribution in [-0.4, -0.2) is 17.4 Å². The summed E-state index contributed by atoms with van der Waals surface area (Å²) in [6.07, 6.45) is -5.50. The lowest BCUT2D eigenvalue weighted by Crippen LogP contribution is -2.28. The van der Waals surface area contributed by atoms with Gasteiger partial charge in [-0.15, -0.1) is 0 Å². The van der Waals surface area contributed by atoms with Gasteiger partial charge in [0, 0.05) is 0 Å². The van der Waals surface area contributed by atoms with Crippen molar-refractivity contribution < 1.29 is 18.3 Å². The Labute approximate surface area is 70.6 Å². The predicted molar refractivity (Wildman–Crippen MR) is 40.8 cm³/mol. The van der Waals surface area contributed by atoms with E-state index in [-0.39, 0.29) is 12.3 Å². The van der Waals surface area contributed by atoms with E-state index in [9.17, 15) is 13.2 Å². The van der Waals surface area contributed by atoms with E-state index in [1.54, 1.807) is 0 Å². The van der Waals surface area contributed by atoms with E-state index in [0.29, 0.717) is 6.42 Å². The summed E-state index contributed by atoms with van der Waals surface area (Å²) in [5.74, 6) is 0.252. The molecule has 0 aliphatic carbocycles. The fourth-order valence-electron chi connectivity index (χ4n) is 0.810. The molecule has 0 aromatic carbocycles. The van der Waals surface area contributed by atoms with Crippen molar-refractivity contribution in [2.75, 3.05) is 0 Å².